The first-order valence-corrected chi connectivity index (χ1v) is 7.10. The van der Waals surface area contributed by atoms with E-state index in [9.17, 15) is 9.59 Å². The second-order valence-electron chi connectivity index (χ2n) is 5.21. The van der Waals surface area contributed by atoms with Crippen molar-refractivity contribution in [3.8, 4) is 0 Å². The van der Waals surface area contributed by atoms with Gasteiger partial charge in [0.25, 0.3) is 0 Å². The molecule has 7 nitrogen and oxygen atoms in total. The first-order valence-electron chi connectivity index (χ1n) is 7.10. The number of nitrogens with two attached hydrogens (primary N) is 1. The molecule has 0 aliphatic rings. The molecule has 1 amide bonds. The standard InChI is InChI=1S/C14H24N4O3/c1-5-10-17-12(14(20)21-4)13(15)18(10)7-6-11(19)16-8-9(2)3/h9H,5-8,15H2,1-4H3,(H,16,19). The zero-order valence-electron chi connectivity index (χ0n) is 13.1. The number of carbonyl (C=O) groups is 2. The van der Waals surface area contributed by atoms with Crippen molar-refractivity contribution < 1.29 is 14.3 Å². The Morgan fingerprint density at radius 2 is 2.10 bits per heavy atom. The number of aromatic nitrogens is 2. The van der Waals surface area contributed by atoms with Gasteiger partial charge in [-0.1, -0.05) is 20.8 Å². The van der Waals surface area contributed by atoms with E-state index in [1.165, 1.54) is 7.11 Å². The second-order valence-corrected chi connectivity index (χ2v) is 5.21. The Balaban J connectivity index is 2.76. The molecule has 0 radical (unpaired) electrons. The molecular weight excluding hydrogens is 272 g/mol. The highest BCUT2D eigenvalue weighted by molar-refractivity contribution is 5.92. The van der Waals surface area contributed by atoms with Crippen LogP contribution in [-0.4, -0.2) is 35.1 Å². The summed E-state index contributed by atoms with van der Waals surface area (Å²) in [5.74, 6) is 0.716. The van der Waals surface area contributed by atoms with Gasteiger partial charge in [-0.25, -0.2) is 9.78 Å². The highest BCUT2D eigenvalue weighted by Crippen LogP contribution is 2.16. The summed E-state index contributed by atoms with van der Waals surface area (Å²) in [5.41, 5.74) is 6.04. The number of methoxy groups -OCH3 is 1. The minimum absolute atomic E-state index is 0.0431. The fraction of sp³-hybridized carbons (Fsp3) is 0.643. The van der Waals surface area contributed by atoms with Crippen LogP contribution in [-0.2, 0) is 22.5 Å². The SMILES string of the molecule is CCc1nc(C(=O)OC)c(N)n1CCC(=O)NCC(C)C. The van der Waals surface area contributed by atoms with E-state index in [0.29, 0.717) is 37.7 Å². The van der Waals surface area contributed by atoms with Crippen molar-refractivity contribution in [2.75, 3.05) is 19.4 Å². The molecule has 1 heterocycles. The van der Waals surface area contributed by atoms with E-state index in [2.05, 4.69) is 15.0 Å². The lowest BCUT2D eigenvalue weighted by molar-refractivity contribution is -0.121. The van der Waals surface area contributed by atoms with Crippen molar-refractivity contribution in [1.29, 1.82) is 0 Å². The summed E-state index contributed by atoms with van der Waals surface area (Å²) in [6.45, 7) is 7.02. The maximum Gasteiger partial charge on any atom is 0.360 e. The number of hydrogen-bond acceptors (Lipinski definition) is 5. The molecule has 1 aromatic heterocycles. The lowest BCUT2D eigenvalue weighted by Gasteiger charge is -2.10. The van der Waals surface area contributed by atoms with Crippen LogP contribution in [0, 0.1) is 5.92 Å². The zero-order chi connectivity index (χ0) is 16.0. The maximum atomic E-state index is 11.8. The number of ether oxygens (including phenoxy) is 1. The summed E-state index contributed by atoms with van der Waals surface area (Å²) < 4.78 is 6.34. The molecule has 118 valence electrons. The Morgan fingerprint density at radius 3 is 2.62 bits per heavy atom. The minimum Gasteiger partial charge on any atom is -0.464 e. The molecule has 0 aliphatic heterocycles. The number of aryl methyl sites for hydroxylation is 1. The van der Waals surface area contributed by atoms with E-state index >= 15 is 0 Å². The molecule has 1 rings (SSSR count). The number of esters is 1. The largest absolute Gasteiger partial charge is 0.464 e. The van der Waals surface area contributed by atoms with E-state index in [1.807, 2.05) is 20.8 Å². The highest BCUT2D eigenvalue weighted by Gasteiger charge is 2.20. The van der Waals surface area contributed by atoms with Crippen molar-refractivity contribution in [3.05, 3.63) is 11.5 Å². The minimum atomic E-state index is -0.565. The van der Waals surface area contributed by atoms with Crippen LogP contribution in [0.2, 0.25) is 0 Å². The predicted octanol–water partition coefficient (Wildman–Crippen LogP) is 0.977. The number of nitrogens with zero attached hydrogens (tertiary/aromatic N) is 2. The molecule has 3 N–H and O–H groups in total. The third kappa shape index (κ3) is 4.47. The number of carbonyl (C=O) groups excluding carboxylic acids is 2. The first-order chi connectivity index (χ1) is 9.90. The average Bonchev–Trinajstić information content (AvgIpc) is 2.78. The van der Waals surface area contributed by atoms with Crippen LogP contribution in [0.1, 0.15) is 43.5 Å². The molecule has 0 aliphatic carbocycles. The lowest BCUT2D eigenvalue weighted by atomic mass is 10.2. The van der Waals surface area contributed by atoms with Gasteiger partial charge < -0.3 is 20.4 Å². The molecular formula is C14H24N4O3. The van der Waals surface area contributed by atoms with Crippen molar-refractivity contribution in [3.63, 3.8) is 0 Å². The van der Waals surface area contributed by atoms with Gasteiger partial charge in [0.05, 0.1) is 7.11 Å². The molecule has 0 bridgehead atoms. The van der Waals surface area contributed by atoms with Gasteiger partial charge in [0, 0.05) is 25.9 Å². The fourth-order valence-corrected chi connectivity index (χ4v) is 1.90. The molecule has 0 aromatic carbocycles. The van der Waals surface area contributed by atoms with Gasteiger partial charge in [0.15, 0.2) is 5.69 Å². The quantitative estimate of drug-likeness (QED) is 0.731. The summed E-state index contributed by atoms with van der Waals surface area (Å²) in [6.07, 6.45) is 0.912. The van der Waals surface area contributed by atoms with Crippen molar-refractivity contribution in [2.45, 2.75) is 40.2 Å². The Hall–Kier alpha value is -2.05. The number of rotatable bonds is 7. The Morgan fingerprint density at radius 1 is 1.43 bits per heavy atom. The normalized spacial score (nSPS) is 10.7. The van der Waals surface area contributed by atoms with E-state index < -0.39 is 5.97 Å². The van der Waals surface area contributed by atoms with Gasteiger partial charge in [-0.15, -0.1) is 0 Å². The van der Waals surface area contributed by atoms with Crippen molar-refractivity contribution >= 4 is 17.7 Å². The molecule has 0 fully saturated rings. The first kappa shape index (κ1) is 17.0. The molecule has 7 heteroatoms. The molecule has 0 spiro atoms. The van der Waals surface area contributed by atoms with Gasteiger partial charge in [-0.2, -0.15) is 0 Å². The summed E-state index contributed by atoms with van der Waals surface area (Å²) in [5, 5.41) is 2.84. The number of nitrogens with one attached hydrogen (secondary N) is 1. The predicted molar refractivity (Wildman–Crippen MR) is 79.8 cm³/mol. The third-order valence-corrected chi connectivity index (χ3v) is 3.05. The number of nitrogen functional groups attached to an aromatic ring is 1. The van der Waals surface area contributed by atoms with Gasteiger partial charge >= 0.3 is 5.97 Å². The van der Waals surface area contributed by atoms with Crippen molar-refractivity contribution in [1.82, 2.24) is 14.9 Å². The molecule has 0 unspecified atom stereocenters. The van der Waals surface area contributed by atoms with E-state index in [-0.39, 0.29) is 17.4 Å². The highest BCUT2D eigenvalue weighted by atomic mass is 16.5. The van der Waals surface area contributed by atoms with Gasteiger partial charge in [-0.05, 0) is 5.92 Å². The van der Waals surface area contributed by atoms with Crippen LogP contribution in [0.25, 0.3) is 0 Å². The summed E-state index contributed by atoms with van der Waals surface area (Å²) >= 11 is 0. The second kappa shape index (κ2) is 7.66. The molecule has 1 aromatic rings. The molecule has 0 saturated heterocycles. The average molecular weight is 296 g/mol. The number of hydrogen-bond donors (Lipinski definition) is 2. The number of imidazole rings is 1. The van der Waals surface area contributed by atoms with Crippen LogP contribution in [0.3, 0.4) is 0 Å². The summed E-state index contributed by atoms with van der Waals surface area (Å²) in [7, 11) is 1.28. The summed E-state index contributed by atoms with van der Waals surface area (Å²) in [4.78, 5) is 27.5. The van der Waals surface area contributed by atoms with E-state index in [1.54, 1.807) is 4.57 Å². The summed E-state index contributed by atoms with van der Waals surface area (Å²) in [6, 6.07) is 0. The van der Waals surface area contributed by atoms with Crippen LogP contribution in [0.15, 0.2) is 0 Å². The monoisotopic (exact) mass is 296 g/mol. The van der Waals surface area contributed by atoms with Gasteiger partial charge in [-0.3, -0.25) is 4.79 Å². The Labute approximate surface area is 124 Å². The Bertz CT molecular complexity index is 509. The van der Waals surface area contributed by atoms with Crippen LogP contribution >= 0.6 is 0 Å². The van der Waals surface area contributed by atoms with Crippen LogP contribution in [0.5, 0.6) is 0 Å². The van der Waals surface area contributed by atoms with Gasteiger partial charge in [0.1, 0.15) is 11.6 Å². The van der Waals surface area contributed by atoms with Crippen LogP contribution in [0.4, 0.5) is 5.82 Å². The van der Waals surface area contributed by atoms with Gasteiger partial charge in [0.2, 0.25) is 5.91 Å². The van der Waals surface area contributed by atoms with E-state index in [0.717, 1.165) is 0 Å². The Kier molecular flexibility index (Phi) is 6.20. The van der Waals surface area contributed by atoms with E-state index in [4.69, 9.17) is 5.73 Å². The van der Waals surface area contributed by atoms with Crippen LogP contribution < -0.4 is 11.1 Å². The fourth-order valence-electron chi connectivity index (χ4n) is 1.90. The lowest BCUT2D eigenvalue weighted by Crippen LogP contribution is -2.28. The topological polar surface area (TPSA) is 99.2 Å². The zero-order valence-corrected chi connectivity index (χ0v) is 13.1. The molecule has 0 atom stereocenters. The van der Waals surface area contributed by atoms with Crippen molar-refractivity contribution in [2.24, 2.45) is 5.92 Å². The molecule has 0 saturated carbocycles. The maximum absolute atomic E-state index is 11.8. The number of anilines is 1. The third-order valence-electron chi connectivity index (χ3n) is 3.05. The smallest absolute Gasteiger partial charge is 0.360 e. The molecule has 21 heavy (non-hydrogen) atoms. The number of amides is 1.